The molecule has 1 unspecified atom stereocenters. The lowest BCUT2D eigenvalue weighted by atomic mass is 9.76. The number of allylic oxidation sites excluding steroid dienone is 4. The zero-order chi connectivity index (χ0) is 15.5. The fourth-order valence-corrected chi connectivity index (χ4v) is 3.41. The molecule has 3 aromatic rings. The number of hydrogen-bond acceptors (Lipinski definition) is 1. The van der Waals surface area contributed by atoms with Crippen LogP contribution in [0.15, 0.2) is 91.4 Å². The molecule has 2 aromatic heterocycles. The van der Waals surface area contributed by atoms with Gasteiger partial charge >= 0.3 is 0 Å². The molecule has 1 aliphatic carbocycles. The minimum atomic E-state index is -0.109. The van der Waals surface area contributed by atoms with Gasteiger partial charge in [0.25, 0.3) is 0 Å². The van der Waals surface area contributed by atoms with Crippen molar-refractivity contribution in [2.45, 2.75) is 18.4 Å². The summed E-state index contributed by atoms with van der Waals surface area (Å²) in [5, 5.41) is 2.49. The van der Waals surface area contributed by atoms with Crippen LogP contribution in [0.5, 0.6) is 0 Å². The third-order valence-corrected chi connectivity index (χ3v) is 4.53. The van der Waals surface area contributed by atoms with Crippen molar-refractivity contribution in [1.29, 1.82) is 0 Å². The number of hydrogen-bond donors (Lipinski definition) is 0. The van der Waals surface area contributed by atoms with E-state index in [-0.39, 0.29) is 5.41 Å². The zero-order valence-electron chi connectivity index (χ0n) is 13.0. The highest BCUT2D eigenvalue weighted by Gasteiger charge is 2.36. The Hall–Kier alpha value is -2.74. The molecule has 0 fully saturated rings. The van der Waals surface area contributed by atoms with Gasteiger partial charge in [-0.1, -0.05) is 54.6 Å². The topological polar surface area (TPSA) is 16.8 Å². The van der Waals surface area contributed by atoms with E-state index in [1.54, 1.807) is 0 Å². The first-order valence-electron chi connectivity index (χ1n) is 8.00. The van der Waals surface area contributed by atoms with E-state index in [1.807, 2.05) is 6.20 Å². The standard InChI is InChI=1S/C21H19N2/c1-5-12-21(13-6-1,17-23-15-7-2-8-16-23)20-19-10-4-3-9-18(19)11-14-22-20/h1-12,14-16H,13,17H2/q+1. The Labute approximate surface area is 136 Å². The van der Waals surface area contributed by atoms with E-state index in [0.717, 1.165) is 18.7 Å². The minimum absolute atomic E-state index is 0.109. The van der Waals surface area contributed by atoms with Crippen molar-refractivity contribution in [3.63, 3.8) is 0 Å². The molecule has 4 rings (SSSR count). The monoisotopic (exact) mass is 299 g/mol. The Balaban J connectivity index is 1.88. The van der Waals surface area contributed by atoms with Gasteiger partial charge in [0.1, 0.15) is 0 Å². The van der Waals surface area contributed by atoms with Crippen molar-refractivity contribution < 1.29 is 4.57 Å². The first kappa shape index (κ1) is 13.9. The van der Waals surface area contributed by atoms with Crippen molar-refractivity contribution >= 4 is 10.8 Å². The predicted molar refractivity (Wildman–Crippen MR) is 93.0 cm³/mol. The van der Waals surface area contributed by atoms with E-state index < -0.39 is 0 Å². The number of benzene rings is 1. The molecule has 23 heavy (non-hydrogen) atoms. The van der Waals surface area contributed by atoms with Crippen LogP contribution in [0.3, 0.4) is 0 Å². The van der Waals surface area contributed by atoms with Gasteiger partial charge in [0, 0.05) is 23.7 Å². The van der Waals surface area contributed by atoms with Crippen LogP contribution in [0.4, 0.5) is 0 Å². The summed E-state index contributed by atoms with van der Waals surface area (Å²) in [6.07, 6.45) is 16.0. The van der Waals surface area contributed by atoms with Crippen LogP contribution in [-0.4, -0.2) is 4.98 Å². The summed E-state index contributed by atoms with van der Waals surface area (Å²) in [4.78, 5) is 4.80. The average molecular weight is 299 g/mol. The number of nitrogens with zero attached hydrogens (tertiary/aromatic N) is 2. The van der Waals surface area contributed by atoms with Gasteiger partial charge in [0.15, 0.2) is 18.9 Å². The molecule has 2 heterocycles. The molecule has 0 N–H and O–H groups in total. The van der Waals surface area contributed by atoms with Gasteiger partial charge in [-0.05, 0) is 17.9 Å². The molecule has 1 atom stereocenters. The predicted octanol–water partition coefficient (Wildman–Crippen LogP) is 3.98. The SMILES string of the molecule is C1=CCC(C[n+]2ccccc2)(c2nccc3ccccc23)C=C1. The van der Waals surface area contributed by atoms with Crippen molar-refractivity contribution in [2.75, 3.05) is 0 Å². The van der Waals surface area contributed by atoms with Crippen molar-refractivity contribution in [3.05, 3.63) is 97.1 Å². The maximum absolute atomic E-state index is 4.80. The summed E-state index contributed by atoms with van der Waals surface area (Å²) in [6.45, 7) is 0.885. The second-order valence-electron chi connectivity index (χ2n) is 6.08. The van der Waals surface area contributed by atoms with E-state index in [2.05, 4.69) is 89.8 Å². The van der Waals surface area contributed by atoms with Gasteiger partial charge in [-0.25, -0.2) is 4.57 Å². The quantitative estimate of drug-likeness (QED) is 0.669. The molecule has 0 saturated heterocycles. The van der Waals surface area contributed by atoms with E-state index in [1.165, 1.54) is 10.8 Å². The van der Waals surface area contributed by atoms with Crippen LogP contribution in [0.2, 0.25) is 0 Å². The molecule has 2 heteroatoms. The number of pyridine rings is 2. The molecule has 1 aromatic carbocycles. The highest BCUT2D eigenvalue weighted by Crippen LogP contribution is 2.35. The van der Waals surface area contributed by atoms with Crippen molar-refractivity contribution in [2.24, 2.45) is 0 Å². The molecule has 0 aliphatic heterocycles. The van der Waals surface area contributed by atoms with Gasteiger partial charge in [-0.2, -0.15) is 0 Å². The molecule has 0 radical (unpaired) electrons. The van der Waals surface area contributed by atoms with Gasteiger partial charge < -0.3 is 0 Å². The van der Waals surface area contributed by atoms with E-state index in [0.29, 0.717) is 0 Å². The van der Waals surface area contributed by atoms with Crippen LogP contribution in [-0.2, 0) is 12.0 Å². The highest BCUT2D eigenvalue weighted by atomic mass is 14.9. The van der Waals surface area contributed by atoms with Crippen LogP contribution in [0, 0.1) is 0 Å². The number of fused-ring (bicyclic) bond motifs is 1. The average Bonchev–Trinajstić information content (AvgIpc) is 2.63. The Morgan fingerprint density at radius 1 is 0.957 bits per heavy atom. The third kappa shape index (κ3) is 2.57. The van der Waals surface area contributed by atoms with Gasteiger partial charge in [0.2, 0.25) is 0 Å². The zero-order valence-corrected chi connectivity index (χ0v) is 13.0. The van der Waals surface area contributed by atoms with Gasteiger partial charge in [-0.3, -0.25) is 4.98 Å². The summed E-state index contributed by atoms with van der Waals surface area (Å²) in [7, 11) is 0. The Morgan fingerprint density at radius 3 is 2.65 bits per heavy atom. The van der Waals surface area contributed by atoms with Crippen LogP contribution < -0.4 is 4.57 Å². The van der Waals surface area contributed by atoms with Crippen molar-refractivity contribution in [3.8, 4) is 0 Å². The number of aromatic nitrogens is 2. The second-order valence-corrected chi connectivity index (χ2v) is 6.08. The lowest BCUT2D eigenvalue weighted by Crippen LogP contribution is -2.45. The van der Waals surface area contributed by atoms with Crippen LogP contribution in [0.25, 0.3) is 10.8 Å². The van der Waals surface area contributed by atoms with E-state index >= 15 is 0 Å². The molecule has 2 nitrogen and oxygen atoms in total. The fraction of sp³-hybridized carbons (Fsp3) is 0.143. The summed E-state index contributed by atoms with van der Waals surface area (Å²) in [6, 6.07) is 16.8. The van der Waals surface area contributed by atoms with E-state index in [4.69, 9.17) is 4.98 Å². The summed E-state index contributed by atoms with van der Waals surface area (Å²) < 4.78 is 2.24. The lowest BCUT2D eigenvalue weighted by molar-refractivity contribution is -0.703. The Morgan fingerprint density at radius 2 is 1.83 bits per heavy atom. The Bertz CT molecular complexity index is 875. The third-order valence-electron chi connectivity index (χ3n) is 4.53. The summed E-state index contributed by atoms with van der Waals surface area (Å²) in [5.74, 6) is 0. The molecule has 0 saturated carbocycles. The molecular weight excluding hydrogens is 280 g/mol. The largest absolute Gasteiger partial charge is 0.259 e. The first-order chi connectivity index (χ1) is 11.4. The smallest absolute Gasteiger partial charge is 0.168 e. The molecule has 0 spiro atoms. The van der Waals surface area contributed by atoms with E-state index in [9.17, 15) is 0 Å². The summed E-state index contributed by atoms with van der Waals surface area (Å²) in [5.41, 5.74) is 1.05. The second kappa shape index (κ2) is 5.81. The minimum Gasteiger partial charge on any atom is -0.259 e. The molecular formula is C21H19N2+. The Kier molecular flexibility index (Phi) is 3.51. The maximum Gasteiger partial charge on any atom is 0.168 e. The lowest BCUT2D eigenvalue weighted by Gasteiger charge is -2.28. The van der Waals surface area contributed by atoms with Gasteiger partial charge in [0.05, 0.1) is 11.1 Å². The van der Waals surface area contributed by atoms with Crippen LogP contribution in [0.1, 0.15) is 12.1 Å². The molecule has 0 bridgehead atoms. The van der Waals surface area contributed by atoms with Gasteiger partial charge in [-0.15, -0.1) is 0 Å². The molecule has 0 amide bonds. The van der Waals surface area contributed by atoms with Crippen LogP contribution >= 0.6 is 0 Å². The molecule has 1 aliphatic rings. The first-order valence-corrected chi connectivity index (χ1v) is 8.00. The fourth-order valence-electron chi connectivity index (χ4n) is 3.41. The van der Waals surface area contributed by atoms with Crippen molar-refractivity contribution in [1.82, 2.24) is 4.98 Å². The number of rotatable bonds is 3. The molecule has 112 valence electrons. The maximum atomic E-state index is 4.80. The highest BCUT2D eigenvalue weighted by molar-refractivity contribution is 5.85. The summed E-state index contributed by atoms with van der Waals surface area (Å²) >= 11 is 0. The normalized spacial score (nSPS) is 20.0.